The van der Waals surface area contributed by atoms with E-state index in [1.807, 2.05) is 0 Å². The SMILES string of the molecule is CC(CN(C)CCCN)C(C)(C)N. The van der Waals surface area contributed by atoms with E-state index in [0.29, 0.717) is 5.92 Å². The van der Waals surface area contributed by atoms with E-state index in [4.69, 9.17) is 11.5 Å². The normalized spacial score (nSPS) is 15.0. The summed E-state index contributed by atoms with van der Waals surface area (Å²) < 4.78 is 0. The van der Waals surface area contributed by atoms with Crippen molar-refractivity contribution in [2.24, 2.45) is 17.4 Å². The molecule has 0 radical (unpaired) electrons. The van der Waals surface area contributed by atoms with Gasteiger partial charge in [-0.2, -0.15) is 0 Å². The molecule has 0 aliphatic rings. The van der Waals surface area contributed by atoms with Crippen molar-refractivity contribution in [2.75, 3.05) is 26.7 Å². The summed E-state index contributed by atoms with van der Waals surface area (Å²) in [4.78, 5) is 2.30. The molecule has 0 rings (SSSR count). The topological polar surface area (TPSA) is 55.3 Å². The molecular formula is C10H25N3. The molecule has 0 saturated heterocycles. The number of hydrogen-bond acceptors (Lipinski definition) is 3. The van der Waals surface area contributed by atoms with Gasteiger partial charge in [0.15, 0.2) is 0 Å². The van der Waals surface area contributed by atoms with Crippen molar-refractivity contribution >= 4 is 0 Å². The maximum Gasteiger partial charge on any atom is 0.0135 e. The zero-order valence-corrected chi connectivity index (χ0v) is 9.51. The Kier molecular flexibility index (Phi) is 5.53. The molecule has 0 bridgehead atoms. The van der Waals surface area contributed by atoms with Crippen molar-refractivity contribution in [1.82, 2.24) is 4.90 Å². The Hall–Kier alpha value is -0.120. The lowest BCUT2D eigenvalue weighted by Gasteiger charge is -2.31. The first-order valence-electron chi connectivity index (χ1n) is 5.05. The molecule has 0 saturated carbocycles. The van der Waals surface area contributed by atoms with Gasteiger partial charge in [-0.25, -0.2) is 0 Å². The molecule has 0 aliphatic carbocycles. The van der Waals surface area contributed by atoms with Crippen molar-refractivity contribution in [3.8, 4) is 0 Å². The molecule has 0 spiro atoms. The monoisotopic (exact) mass is 187 g/mol. The van der Waals surface area contributed by atoms with Gasteiger partial charge in [0.2, 0.25) is 0 Å². The highest BCUT2D eigenvalue weighted by atomic mass is 15.1. The van der Waals surface area contributed by atoms with Crippen LogP contribution in [-0.2, 0) is 0 Å². The van der Waals surface area contributed by atoms with E-state index in [1.54, 1.807) is 0 Å². The third-order valence-corrected chi connectivity index (χ3v) is 2.60. The molecule has 0 aromatic carbocycles. The van der Waals surface area contributed by atoms with E-state index in [0.717, 1.165) is 26.1 Å². The van der Waals surface area contributed by atoms with Crippen LogP contribution in [0.1, 0.15) is 27.2 Å². The summed E-state index contributed by atoms with van der Waals surface area (Å²) in [5, 5.41) is 0. The second kappa shape index (κ2) is 5.58. The van der Waals surface area contributed by atoms with Gasteiger partial charge in [0, 0.05) is 12.1 Å². The maximum atomic E-state index is 6.00. The van der Waals surface area contributed by atoms with Gasteiger partial charge in [-0.3, -0.25) is 0 Å². The van der Waals surface area contributed by atoms with Crippen LogP contribution in [0.2, 0.25) is 0 Å². The van der Waals surface area contributed by atoms with Crippen LogP contribution in [0.25, 0.3) is 0 Å². The van der Waals surface area contributed by atoms with Crippen LogP contribution in [-0.4, -0.2) is 37.1 Å². The molecule has 3 nitrogen and oxygen atoms in total. The van der Waals surface area contributed by atoms with E-state index in [1.165, 1.54) is 0 Å². The fourth-order valence-corrected chi connectivity index (χ4v) is 1.16. The van der Waals surface area contributed by atoms with Crippen molar-refractivity contribution in [3.63, 3.8) is 0 Å². The first-order valence-corrected chi connectivity index (χ1v) is 5.05. The lowest BCUT2D eigenvalue weighted by molar-refractivity contribution is 0.226. The molecule has 3 heteroatoms. The van der Waals surface area contributed by atoms with Crippen molar-refractivity contribution in [3.05, 3.63) is 0 Å². The average molecular weight is 187 g/mol. The number of hydrogen-bond donors (Lipinski definition) is 2. The van der Waals surface area contributed by atoms with Crippen LogP contribution < -0.4 is 11.5 Å². The summed E-state index contributed by atoms with van der Waals surface area (Å²) in [6, 6.07) is 0. The molecule has 4 N–H and O–H groups in total. The molecule has 0 amide bonds. The molecule has 0 aromatic rings. The van der Waals surface area contributed by atoms with Gasteiger partial charge in [0.25, 0.3) is 0 Å². The minimum atomic E-state index is -0.0863. The van der Waals surface area contributed by atoms with E-state index >= 15 is 0 Å². The van der Waals surface area contributed by atoms with Gasteiger partial charge < -0.3 is 16.4 Å². The van der Waals surface area contributed by atoms with E-state index < -0.39 is 0 Å². The van der Waals surface area contributed by atoms with Gasteiger partial charge in [0.1, 0.15) is 0 Å². The molecule has 1 atom stereocenters. The zero-order chi connectivity index (χ0) is 10.5. The third kappa shape index (κ3) is 6.02. The first kappa shape index (κ1) is 12.9. The summed E-state index contributed by atoms with van der Waals surface area (Å²) in [5.74, 6) is 0.510. The Labute approximate surface area is 82.5 Å². The Balaban J connectivity index is 3.71. The largest absolute Gasteiger partial charge is 0.330 e. The van der Waals surface area contributed by atoms with Crippen LogP contribution in [0.15, 0.2) is 0 Å². The zero-order valence-electron chi connectivity index (χ0n) is 9.51. The summed E-state index contributed by atoms with van der Waals surface area (Å²) in [6.07, 6.45) is 1.06. The quantitative estimate of drug-likeness (QED) is 0.641. The van der Waals surface area contributed by atoms with Crippen LogP contribution in [0.4, 0.5) is 0 Å². The summed E-state index contributed by atoms with van der Waals surface area (Å²) in [6.45, 7) is 9.23. The number of rotatable bonds is 6. The average Bonchev–Trinajstić information content (AvgIpc) is 1.99. The van der Waals surface area contributed by atoms with Gasteiger partial charge >= 0.3 is 0 Å². The van der Waals surface area contributed by atoms with Crippen molar-refractivity contribution < 1.29 is 0 Å². The lowest BCUT2D eigenvalue weighted by Crippen LogP contribution is -2.44. The first-order chi connectivity index (χ1) is 5.88. The Morgan fingerprint density at radius 1 is 1.38 bits per heavy atom. The molecule has 1 unspecified atom stereocenters. The van der Waals surface area contributed by atoms with E-state index in [9.17, 15) is 0 Å². The Bertz CT molecular complexity index is 129. The van der Waals surface area contributed by atoms with Crippen LogP contribution in [0.3, 0.4) is 0 Å². The van der Waals surface area contributed by atoms with Gasteiger partial charge in [-0.15, -0.1) is 0 Å². The molecule has 0 heterocycles. The fourth-order valence-electron chi connectivity index (χ4n) is 1.16. The van der Waals surface area contributed by atoms with Gasteiger partial charge in [-0.05, 0) is 46.3 Å². The predicted molar refractivity (Wildman–Crippen MR) is 58.6 cm³/mol. The molecule has 0 aromatic heterocycles. The Morgan fingerprint density at radius 2 is 1.92 bits per heavy atom. The molecule has 13 heavy (non-hydrogen) atoms. The summed E-state index contributed by atoms with van der Waals surface area (Å²) in [5.41, 5.74) is 11.4. The smallest absolute Gasteiger partial charge is 0.0135 e. The lowest BCUT2D eigenvalue weighted by atomic mass is 9.90. The fraction of sp³-hybridized carbons (Fsp3) is 1.00. The Morgan fingerprint density at radius 3 is 2.31 bits per heavy atom. The van der Waals surface area contributed by atoms with Crippen LogP contribution in [0.5, 0.6) is 0 Å². The standard InChI is InChI=1S/C10H25N3/c1-9(10(2,3)12)8-13(4)7-5-6-11/h9H,5-8,11-12H2,1-4H3. The molecule has 80 valence electrons. The third-order valence-electron chi connectivity index (χ3n) is 2.60. The van der Waals surface area contributed by atoms with Gasteiger partial charge in [0.05, 0.1) is 0 Å². The van der Waals surface area contributed by atoms with Crippen LogP contribution in [0, 0.1) is 5.92 Å². The number of nitrogens with zero attached hydrogens (tertiary/aromatic N) is 1. The summed E-state index contributed by atoms with van der Waals surface area (Å²) >= 11 is 0. The highest BCUT2D eigenvalue weighted by Crippen LogP contribution is 2.13. The van der Waals surface area contributed by atoms with Crippen molar-refractivity contribution in [1.29, 1.82) is 0 Å². The molecule has 0 aliphatic heterocycles. The summed E-state index contributed by atoms with van der Waals surface area (Å²) in [7, 11) is 2.12. The molecule has 0 fully saturated rings. The molecular weight excluding hydrogens is 162 g/mol. The second-order valence-electron chi connectivity index (χ2n) is 4.63. The predicted octanol–water partition coefficient (Wildman–Crippen LogP) is 0.640. The maximum absolute atomic E-state index is 6.00. The minimum Gasteiger partial charge on any atom is -0.330 e. The van der Waals surface area contributed by atoms with Crippen LogP contribution >= 0.6 is 0 Å². The minimum absolute atomic E-state index is 0.0863. The van der Waals surface area contributed by atoms with Gasteiger partial charge in [-0.1, -0.05) is 6.92 Å². The highest BCUT2D eigenvalue weighted by molar-refractivity contribution is 4.80. The number of nitrogens with two attached hydrogens (primary N) is 2. The highest BCUT2D eigenvalue weighted by Gasteiger charge is 2.21. The van der Waals surface area contributed by atoms with Crippen molar-refractivity contribution in [2.45, 2.75) is 32.7 Å². The second-order valence-corrected chi connectivity index (χ2v) is 4.63. The van der Waals surface area contributed by atoms with E-state index in [2.05, 4.69) is 32.7 Å². The van der Waals surface area contributed by atoms with E-state index in [-0.39, 0.29) is 5.54 Å².